The van der Waals surface area contributed by atoms with Gasteiger partial charge in [-0.05, 0) is 23.8 Å². The number of aliphatic hydroxyl groups excluding tert-OH is 1. The molecule has 106 valence electrons. The van der Waals surface area contributed by atoms with Gasteiger partial charge in [-0.3, -0.25) is 0 Å². The summed E-state index contributed by atoms with van der Waals surface area (Å²) >= 11 is 0. The molecule has 0 amide bonds. The van der Waals surface area contributed by atoms with Crippen molar-refractivity contribution < 1.29 is 19.1 Å². The average molecular weight is 282 g/mol. The molecule has 21 heavy (non-hydrogen) atoms. The minimum atomic E-state index is -1.10. The van der Waals surface area contributed by atoms with Crippen LogP contribution in [0.2, 0.25) is 0 Å². The Labute approximate surface area is 121 Å². The first-order chi connectivity index (χ1) is 10.1. The summed E-state index contributed by atoms with van der Waals surface area (Å²) in [5.74, 6) is -0.625. The van der Waals surface area contributed by atoms with Crippen molar-refractivity contribution in [2.75, 3.05) is 7.11 Å². The minimum Gasteiger partial charge on any atom is -0.466 e. The highest BCUT2D eigenvalue weighted by atomic mass is 16.5. The van der Waals surface area contributed by atoms with Crippen LogP contribution in [0.5, 0.6) is 0 Å². The first kappa shape index (κ1) is 13.4. The van der Waals surface area contributed by atoms with Crippen LogP contribution in [0.1, 0.15) is 11.7 Å². The van der Waals surface area contributed by atoms with Gasteiger partial charge in [0.25, 0.3) is 0 Å². The number of aliphatic hydroxyl groups is 1. The number of hydrogen-bond donors (Lipinski definition) is 1. The van der Waals surface area contributed by atoms with E-state index < -0.39 is 12.1 Å². The molecule has 3 rings (SSSR count). The second-order valence-electron chi connectivity index (χ2n) is 4.77. The van der Waals surface area contributed by atoms with E-state index in [1.54, 1.807) is 18.2 Å². The molecule has 0 aliphatic heterocycles. The Morgan fingerprint density at radius 2 is 1.90 bits per heavy atom. The van der Waals surface area contributed by atoms with Crippen molar-refractivity contribution in [1.82, 2.24) is 0 Å². The van der Waals surface area contributed by atoms with Crippen molar-refractivity contribution in [3.63, 3.8) is 0 Å². The zero-order valence-electron chi connectivity index (χ0n) is 11.5. The molecular formula is C17H14O4. The van der Waals surface area contributed by atoms with Crippen LogP contribution >= 0.6 is 0 Å². The highest BCUT2D eigenvalue weighted by molar-refractivity contribution is 6.05. The van der Waals surface area contributed by atoms with Gasteiger partial charge in [-0.25, -0.2) is 4.79 Å². The molecule has 0 bridgehead atoms. The number of methoxy groups -OCH3 is 1. The zero-order valence-corrected chi connectivity index (χ0v) is 11.5. The van der Waals surface area contributed by atoms with Crippen molar-refractivity contribution in [2.24, 2.45) is 0 Å². The predicted molar refractivity (Wildman–Crippen MR) is 79.8 cm³/mol. The van der Waals surface area contributed by atoms with Gasteiger partial charge in [0, 0.05) is 10.8 Å². The molecular weight excluding hydrogens is 268 g/mol. The first-order valence-electron chi connectivity index (χ1n) is 6.48. The Hall–Kier alpha value is -2.59. The maximum atomic E-state index is 11.5. The molecule has 4 heteroatoms. The number of fused-ring (bicyclic) bond motifs is 3. The molecule has 1 heterocycles. The number of furan rings is 1. The van der Waals surface area contributed by atoms with Crippen LogP contribution in [0.15, 0.2) is 59.0 Å². The molecule has 0 saturated heterocycles. The molecule has 0 fully saturated rings. The SMILES string of the molecule is C=C(C(=O)OC)C(O)c1ccc2oc3ccccc3c2c1. The molecule has 3 aromatic rings. The molecule has 1 unspecified atom stereocenters. The maximum absolute atomic E-state index is 11.5. The van der Waals surface area contributed by atoms with E-state index in [0.717, 1.165) is 21.9 Å². The minimum absolute atomic E-state index is 0.00431. The van der Waals surface area contributed by atoms with Crippen molar-refractivity contribution in [3.8, 4) is 0 Å². The molecule has 0 aliphatic rings. The standard InChI is InChI=1S/C17H14O4/c1-10(17(19)20-2)16(18)11-7-8-15-13(9-11)12-5-3-4-6-14(12)21-15/h3-9,16,18H,1H2,2H3. The fourth-order valence-corrected chi connectivity index (χ4v) is 2.36. The predicted octanol–water partition coefficient (Wildman–Crippen LogP) is 3.35. The Morgan fingerprint density at radius 3 is 2.67 bits per heavy atom. The van der Waals surface area contributed by atoms with Gasteiger partial charge < -0.3 is 14.3 Å². The Morgan fingerprint density at radius 1 is 1.19 bits per heavy atom. The van der Waals surface area contributed by atoms with Gasteiger partial charge in [-0.15, -0.1) is 0 Å². The second kappa shape index (κ2) is 5.07. The summed E-state index contributed by atoms with van der Waals surface area (Å²) < 4.78 is 10.3. The topological polar surface area (TPSA) is 59.7 Å². The highest BCUT2D eigenvalue weighted by Gasteiger charge is 2.20. The lowest BCUT2D eigenvalue weighted by atomic mass is 10.0. The van der Waals surface area contributed by atoms with Crippen molar-refractivity contribution in [2.45, 2.75) is 6.10 Å². The van der Waals surface area contributed by atoms with E-state index in [1.165, 1.54) is 7.11 Å². The number of carbonyl (C=O) groups excluding carboxylic acids is 1. The lowest BCUT2D eigenvalue weighted by molar-refractivity contribution is -0.137. The highest BCUT2D eigenvalue weighted by Crippen LogP contribution is 2.32. The lowest BCUT2D eigenvalue weighted by Crippen LogP contribution is -2.11. The van der Waals surface area contributed by atoms with E-state index in [2.05, 4.69) is 11.3 Å². The van der Waals surface area contributed by atoms with Gasteiger partial charge in [0.2, 0.25) is 0 Å². The number of hydrogen-bond acceptors (Lipinski definition) is 4. The lowest BCUT2D eigenvalue weighted by Gasteiger charge is -2.12. The summed E-state index contributed by atoms with van der Waals surface area (Å²) in [6.45, 7) is 3.58. The monoisotopic (exact) mass is 282 g/mol. The van der Waals surface area contributed by atoms with Gasteiger partial charge in [0.1, 0.15) is 17.3 Å². The van der Waals surface area contributed by atoms with Gasteiger partial charge >= 0.3 is 5.97 Å². The smallest absolute Gasteiger partial charge is 0.336 e. The summed E-state index contributed by atoms with van der Waals surface area (Å²) in [5.41, 5.74) is 2.09. The third kappa shape index (κ3) is 2.19. The first-order valence-corrected chi connectivity index (χ1v) is 6.48. The number of esters is 1. The maximum Gasteiger partial charge on any atom is 0.336 e. The number of ether oxygens (including phenoxy) is 1. The van der Waals surface area contributed by atoms with Gasteiger partial charge in [0.15, 0.2) is 0 Å². The molecule has 0 aliphatic carbocycles. The van der Waals surface area contributed by atoms with Gasteiger partial charge in [0.05, 0.1) is 12.7 Å². The summed E-state index contributed by atoms with van der Waals surface area (Å²) in [6, 6.07) is 13.0. The van der Waals surface area contributed by atoms with E-state index in [-0.39, 0.29) is 5.57 Å². The Bertz CT molecular complexity index is 844. The summed E-state index contributed by atoms with van der Waals surface area (Å²) in [5, 5.41) is 12.1. The van der Waals surface area contributed by atoms with E-state index in [4.69, 9.17) is 4.42 Å². The van der Waals surface area contributed by atoms with Crippen molar-refractivity contribution in [3.05, 3.63) is 60.2 Å². The van der Waals surface area contributed by atoms with Crippen LogP contribution in [0.3, 0.4) is 0 Å². The number of carbonyl (C=O) groups is 1. The zero-order chi connectivity index (χ0) is 15.0. The normalized spacial score (nSPS) is 12.5. The summed E-state index contributed by atoms with van der Waals surface area (Å²) in [6.07, 6.45) is -1.10. The van der Waals surface area contributed by atoms with Gasteiger partial charge in [-0.1, -0.05) is 30.8 Å². The summed E-state index contributed by atoms with van der Waals surface area (Å²) in [4.78, 5) is 11.5. The average Bonchev–Trinajstić information content (AvgIpc) is 2.90. The van der Waals surface area contributed by atoms with Crippen molar-refractivity contribution in [1.29, 1.82) is 0 Å². The molecule has 0 spiro atoms. The number of rotatable bonds is 3. The largest absolute Gasteiger partial charge is 0.466 e. The van der Waals surface area contributed by atoms with E-state index in [0.29, 0.717) is 5.56 Å². The number of para-hydroxylation sites is 1. The molecule has 1 aromatic heterocycles. The quantitative estimate of drug-likeness (QED) is 0.591. The third-order valence-corrected chi connectivity index (χ3v) is 3.49. The third-order valence-electron chi connectivity index (χ3n) is 3.49. The molecule has 0 saturated carbocycles. The van der Waals surface area contributed by atoms with Gasteiger partial charge in [-0.2, -0.15) is 0 Å². The van der Waals surface area contributed by atoms with Crippen molar-refractivity contribution >= 4 is 27.9 Å². The molecule has 1 N–H and O–H groups in total. The van der Waals surface area contributed by atoms with Crippen LogP contribution in [0.4, 0.5) is 0 Å². The molecule has 2 aromatic carbocycles. The van der Waals surface area contributed by atoms with Crippen LogP contribution in [-0.2, 0) is 9.53 Å². The number of benzene rings is 2. The van der Waals surface area contributed by atoms with E-state index >= 15 is 0 Å². The fourth-order valence-electron chi connectivity index (χ4n) is 2.36. The van der Waals surface area contributed by atoms with E-state index in [1.807, 2.05) is 24.3 Å². The Balaban J connectivity index is 2.10. The van der Waals surface area contributed by atoms with Crippen LogP contribution in [0, 0.1) is 0 Å². The van der Waals surface area contributed by atoms with Crippen LogP contribution in [-0.4, -0.2) is 18.2 Å². The fraction of sp³-hybridized carbons (Fsp3) is 0.118. The van der Waals surface area contributed by atoms with E-state index in [9.17, 15) is 9.90 Å². The second-order valence-corrected chi connectivity index (χ2v) is 4.77. The Kier molecular flexibility index (Phi) is 3.23. The van der Waals surface area contributed by atoms with Crippen LogP contribution in [0.25, 0.3) is 21.9 Å². The molecule has 0 radical (unpaired) electrons. The molecule has 4 nitrogen and oxygen atoms in total. The molecule has 1 atom stereocenters. The summed E-state index contributed by atoms with van der Waals surface area (Å²) in [7, 11) is 1.26. The van der Waals surface area contributed by atoms with Crippen LogP contribution < -0.4 is 0 Å².